The fourth-order valence-corrected chi connectivity index (χ4v) is 4.08. The molecular weight excluding hydrogens is 384 g/mol. The molecule has 3 aromatic carbocycles. The Morgan fingerprint density at radius 1 is 0.786 bits per heavy atom. The largest absolute Gasteiger partial charge is 0.310 e. The first kappa shape index (κ1) is 18.9. The Labute approximate surface area is 174 Å². The Bertz CT molecular complexity index is 1010. The van der Waals surface area contributed by atoms with E-state index in [4.69, 9.17) is 11.6 Å². The summed E-state index contributed by atoms with van der Waals surface area (Å²) in [6, 6.07) is 27.2. The predicted molar refractivity (Wildman–Crippen MR) is 120 cm³/mol. The number of aromatic nitrogens is 1. The Morgan fingerprint density at radius 3 is 2.21 bits per heavy atom. The second-order valence-corrected chi connectivity index (χ2v) is 8.17. The van der Waals surface area contributed by atoms with Gasteiger partial charge in [-0.3, -0.25) is 0 Å². The highest BCUT2D eigenvalue weighted by atomic mass is 35.5. The van der Waals surface area contributed by atoms with Crippen LogP contribution in [0.2, 0.25) is 5.02 Å². The SMILES string of the molecule is Clc1ccc(CCNCc2ncc(-c3ccc(-c4ccccc4)cc3)s2)cc1. The minimum atomic E-state index is 0.781. The molecule has 0 bridgehead atoms. The first-order valence-electron chi connectivity index (χ1n) is 9.34. The van der Waals surface area contributed by atoms with Gasteiger partial charge in [-0.15, -0.1) is 11.3 Å². The van der Waals surface area contributed by atoms with E-state index in [1.54, 1.807) is 11.3 Å². The maximum atomic E-state index is 5.92. The van der Waals surface area contributed by atoms with E-state index in [0.29, 0.717) is 0 Å². The van der Waals surface area contributed by atoms with Gasteiger partial charge in [0, 0.05) is 17.8 Å². The quantitative estimate of drug-likeness (QED) is 0.357. The lowest BCUT2D eigenvalue weighted by Crippen LogP contribution is -2.16. The summed E-state index contributed by atoms with van der Waals surface area (Å²) in [5.41, 5.74) is 4.97. The van der Waals surface area contributed by atoms with E-state index >= 15 is 0 Å². The molecule has 0 saturated heterocycles. The zero-order valence-electron chi connectivity index (χ0n) is 15.4. The van der Waals surface area contributed by atoms with Gasteiger partial charge in [0.25, 0.3) is 0 Å². The van der Waals surface area contributed by atoms with E-state index in [9.17, 15) is 0 Å². The fraction of sp³-hybridized carbons (Fsp3) is 0.125. The molecule has 0 saturated carbocycles. The summed E-state index contributed by atoms with van der Waals surface area (Å²) in [5.74, 6) is 0. The molecule has 0 aliphatic carbocycles. The first-order valence-corrected chi connectivity index (χ1v) is 10.5. The minimum Gasteiger partial charge on any atom is -0.310 e. The van der Waals surface area contributed by atoms with Crippen molar-refractivity contribution in [2.24, 2.45) is 0 Å². The molecular formula is C24H21ClN2S. The van der Waals surface area contributed by atoms with E-state index in [0.717, 1.165) is 29.5 Å². The van der Waals surface area contributed by atoms with Crippen LogP contribution in [0.3, 0.4) is 0 Å². The van der Waals surface area contributed by atoms with Crippen LogP contribution in [0.1, 0.15) is 10.6 Å². The molecule has 0 amide bonds. The third-order valence-electron chi connectivity index (χ3n) is 4.61. The molecule has 1 N–H and O–H groups in total. The molecule has 0 atom stereocenters. The molecule has 0 fully saturated rings. The highest BCUT2D eigenvalue weighted by Gasteiger charge is 2.05. The van der Waals surface area contributed by atoms with Crippen LogP contribution in [-0.4, -0.2) is 11.5 Å². The molecule has 2 nitrogen and oxygen atoms in total. The van der Waals surface area contributed by atoms with Crippen LogP contribution in [-0.2, 0) is 13.0 Å². The smallest absolute Gasteiger partial charge is 0.107 e. The van der Waals surface area contributed by atoms with Crippen LogP contribution in [0.15, 0.2) is 85.1 Å². The maximum absolute atomic E-state index is 5.92. The topological polar surface area (TPSA) is 24.9 Å². The van der Waals surface area contributed by atoms with Crippen LogP contribution in [0, 0.1) is 0 Å². The average Bonchev–Trinajstić information content (AvgIpc) is 3.22. The Balaban J connectivity index is 1.32. The summed E-state index contributed by atoms with van der Waals surface area (Å²) >= 11 is 7.67. The van der Waals surface area contributed by atoms with Crippen LogP contribution in [0.4, 0.5) is 0 Å². The number of hydrogen-bond acceptors (Lipinski definition) is 3. The number of thiazole rings is 1. The summed E-state index contributed by atoms with van der Waals surface area (Å²) in [6.45, 7) is 1.71. The van der Waals surface area contributed by atoms with Gasteiger partial charge < -0.3 is 5.32 Å². The zero-order chi connectivity index (χ0) is 19.2. The number of nitrogens with one attached hydrogen (secondary N) is 1. The third-order valence-corrected chi connectivity index (χ3v) is 5.91. The zero-order valence-corrected chi connectivity index (χ0v) is 17.0. The Hall–Kier alpha value is -2.46. The summed E-state index contributed by atoms with van der Waals surface area (Å²) < 4.78 is 0. The van der Waals surface area contributed by atoms with E-state index in [-0.39, 0.29) is 0 Å². The summed E-state index contributed by atoms with van der Waals surface area (Å²) in [7, 11) is 0. The van der Waals surface area contributed by atoms with Gasteiger partial charge in [0.15, 0.2) is 0 Å². The molecule has 140 valence electrons. The normalized spacial score (nSPS) is 10.9. The van der Waals surface area contributed by atoms with Crippen molar-refractivity contribution < 1.29 is 0 Å². The second-order valence-electron chi connectivity index (χ2n) is 6.61. The second kappa shape index (κ2) is 9.16. The van der Waals surface area contributed by atoms with Crippen molar-refractivity contribution in [2.75, 3.05) is 6.54 Å². The molecule has 0 aliphatic rings. The standard InChI is InChI=1S/C24H21ClN2S/c25-22-12-6-18(7-13-22)14-15-26-17-24-27-16-23(28-24)21-10-8-20(9-11-21)19-4-2-1-3-5-19/h1-13,16,26H,14-15,17H2. The highest BCUT2D eigenvalue weighted by molar-refractivity contribution is 7.15. The lowest BCUT2D eigenvalue weighted by molar-refractivity contribution is 0.684. The maximum Gasteiger partial charge on any atom is 0.107 e. The van der Waals surface area contributed by atoms with Crippen molar-refractivity contribution >= 4 is 22.9 Å². The molecule has 1 heterocycles. The van der Waals surface area contributed by atoms with E-state index < -0.39 is 0 Å². The molecule has 0 unspecified atom stereocenters. The van der Waals surface area contributed by atoms with Crippen LogP contribution in [0.5, 0.6) is 0 Å². The van der Waals surface area contributed by atoms with Gasteiger partial charge in [0.2, 0.25) is 0 Å². The van der Waals surface area contributed by atoms with Crippen molar-refractivity contribution in [1.82, 2.24) is 10.3 Å². The number of halogens is 1. The number of rotatable bonds is 7. The number of nitrogens with zero attached hydrogens (tertiary/aromatic N) is 1. The minimum absolute atomic E-state index is 0.781. The van der Waals surface area contributed by atoms with Gasteiger partial charge in [-0.2, -0.15) is 0 Å². The molecule has 4 heteroatoms. The summed E-state index contributed by atoms with van der Waals surface area (Å²) in [4.78, 5) is 5.77. The van der Waals surface area contributed by atoms with Crippen molar-refractivity contribution in [3.05, 3.63) is 101 Å². The van der Waals surface area contributed by atoms with Crippen LogP contribution >= 0.6 is 22.9 Å². The molecule has 1 aromatic heterocycles. The molecule has 28 heavy (non-hydrogen) atoms. The van der Waals surface area contributed by atoms with E-state index in [2.05, 4.69) is 71.0 Å². The van der Waals surface area contributed by atoms with Gasteiger partial charge in [-0.05, 0) is 47.4 Å². The molecule has 4 rings (SSSR count). The van der Waals surface area contributed by atoms with Crippen molar-refractivity contribution in [2.45, 2.75) is 13.0 Å². The summed E-state index contributed by atoms with van der Waals surface area (Å²) in [6.07, 6.45) is 2.95. The molecule has 0 aliphatic heterocycles. The Kier molecular flexibility index (Phi) is 6.17. The van der Waals surface area contributed by atoms with Crippen LogP contribution in [0.25, 0.3) is 21.6 Å². The molecule has 4 aromatic rings. The van der Waals surface area contributed by atoms with Gasteiger partial charge in [-0.25, -0.2) is 4.98 Å². The van der Waals surface area contributed by atoms with E-state index in [1.807, 2.05) is 24.4 Å². The van der Waals surface area contributed by atoms with Gasteiger partial charge >= 0.3 is 0 Å². The predicted octanol–water partition coefficient (Wildman–Crippen LogP) is 6.46. The van der Waals surface area contributed by atoms with Crippen LogP contribution < -0.4 is 5.32 Å². The average molecular weight is 405 g/mol. The lowest BCUT2D eigenvalue weighted by Gasteiger charge is -2.03. The number of benzene rings is 3. The van der Waals surface area contributed by atoms with Gasteiger partial charge in [-0.1, -0.05) is 78.3 Å². The first-order chi connectivity index (χ1) is 13.8. The number of hydrogen-bond donors (Lipinski definition) is 1. The highest BCUT2D eigenvalue weighted by Crippen LogP contribution is 2.28. The van der Waals surface area contributed by atoms with Gasteiger partial charge in [0.05, 0.1) is 4.88 Å². The monoisotopic (exact) mass is 404 g/mol. The van der Waals surface area contributed by atoms with E-state index in [1.165, 1.54) is 27.1 Å². The third kappa shape index (κ3) is 4.87. The van der Waals surface area contributed by atoms with Gasteiger partial charge in [0.1, 0.15) is 5.01 Å². The van der Waals surface area contributed by atoms with Crippen molar-refractivity contribution in [1.29, 1.82) is 0 Å². The Morgan fingerprint density at radius 2 is 1.46 bits per heavy atom. The molecule has 0 spiro atoms. The summed E-state index contributed by atoms with van der Waals surface area (Å²) in [5, 5.41) is 5.37. The van der Waals surface area contributed by atoms with Crippen molar-refractivity contribution in [3.8, 4) is 21.6 Å². The lowest BCUT2D eigenvalue weighted by atomic mass is 10.0. The molecule has 0 radical (unpaired) electrons. The van der Waals surface area contributed by atoms with Crippen molar-refractivity contribution in [3.63, 3.8) is 0 Å². The fourth-order valence-electron chi connectivity index (χ4n) is 3.06.